The maximum atomic E-state index is 12.2. The lowest BCUT2D eigenvalue weighted by Gasteiger charge is -2.34. The SMILES string of the molecule is Cl.O=C(O)CNC(=O)CN1CCN(Cc2ccc(Cl)cc2)C(=O)C1. The number of carbonyl (C=O) groups excluding carboxylic acids is 2. The van der Waals surface area contributed by atoms with E-state index in [-0.39, 0.29) is 31.4 Å². The molecule has 1 aromatic rings. The highest BCUT2D eigenvalue weighted by Gasteiger charge is 2.25. The number of rotatable bonds is 6. The minimum absolute atomic E-state index is 0. The van der Waals surface area contributed by atoms with Gasteiger partial charge in [-0.2, -0.15) is 0 Å². The normalized spacial score (nSPS) is 14.9. The predicted octanol–water partition coefficient (Wildman–Crippen LogP) is 0.607. The fraction of sp³-hybridized carbons (Fsp3) is 0.400. The van der Waals surface area contributed by atoms with Crippen LogP contribution in [0.2, 0.25) is 5.02 Å². The van der Waals surface area contributed by atoms with Crippen molar-refractivity contribution in [2.75, 3.05) is 32.7 Å². The van der Waals surface area contributed by atoms with Gasteiger partial charge >= 0.3 is 5.97 Å². The van der Waals surface area contributed by atoms with Gasteiger partial charge in [0.2, 0.25) is 11.8 Å². The number of nitrogens with one attached hydrogen (secondary N) is 1. The van der Waals surface area contributed by atoms with Gasteiger partial charge in [-0.05, 0) is 17.7 Å². The summed E-state index contributed by atoms with van der Waals surface area (Å²) in [5.74, 6) is -1.55. The van der Waals surface area contributed by atoms with Crippen LogP contribution in [0.15, 0.2) is 24.3 Å². The van der Waals surface area contributed by atoms with Crippen molar-refractivity contribution in [1.29, 1.82) is 0 Å². The standard InChI is InChI=1S/C15H18ClN3O4.ClH/c16-12-3-1-11(2-4-12)8-19-6-5-18(10-14(19)21)9-13(20)17-7-15(22)23;/h1-4H,5-10H2,(H,17,20)(H,22,23);1H. The number of carbonyl (C=O) groups is 3. The van der Waals surface area contributed by atoms with Crippen molar-refractivity contribution in [1.82, 2.24) is 15.1 Å². The van der Waals surface area contributed by atoms with Crippen LogP contribution < -0.4 is 5.32 Å². The van der Waals surface area contributed by atoms with E-state index in [1.807, 2.05) is 12.1 Å². The molecule has 1 fully saturated rings. The number of halogens is 2. The van der Waals surface area contributed by atoms with E-state index >= 15 is 0 Å². The fourth-order valence-electron chi connectivity index (χ4n) is 2.30. The molecule has 132 valence electrons. The number of hydrogen-bond donors (Lipinski definition) is 2. The number of piperazine rings is 1. The van der Waals surface area contributed by atoms with Gasteiger partial charge in [0.15, 0.2) is 0 Å². The Morgan fingerprint density at radius 2 is 1.88 bits per heavy atom. The lowest BCUT2D eigenvalue weighted by atomic mass is 10.2. The van der Waals surface area contributed by atoms with Crippen LogP contribution in [0, 0.1) is 0 Å². The van der Waals surface area contributed by atoms with Crippen molar-refractivity contribution in [3.63, 3.8) is 0 Å². The number of benzene rings is 1. The van der Waals surface area contributed by atoms with Crippen LogP contribution in [0.3, 0.4) is 0 Å². The molecule has 9 heteroatoms. The Morgan fingerprint density at radius 3 is 2.46 bits per heavy atom. The van der Waals surface area contributed by atoms with Crippen LogP contribution in [0.4, 0.5) is 0 Å². The molecule has 2 amide bonds. The summed E-state index contributed by atoms with van der Waals surface area (Å²) >= 11 is 5.83. The minimum atomic E-state index is -1.10. The molecule has 24 heavy (non-hydrogen) atoms. The Bertz CT molecular complexity index is 595. The molecule has 1 aromatic carbocycles. The molecule has 1 aliphatic rings. The Labute approximate surface area is 151 Å². The molecule has 2 N–H and O–H groups in total. The molecule has 0 aliphatic carbocycles. The van der Waals surface area contributed by atoms with Gasteiger partial charge < -0.3 is 15.3 Å². The second kappa shape index (κ2) is 9.46. The molecule has 1 heterocycles. The summed E-state index contributed by atoms with van der Waals surface area (Å²) in [5, 5.41) is 11.4. The van der Waals surface area contributed by atoms with Gasteiger partial charge in [-0.15, -0.1) is 12.4 Å². The van der Waals surface area contributed by atoms with Crippen molar-refractivity contribution >= 4 is 41.8 Å². The second-order valence-electron chi connectivity index (χ2n) is 5.32. The maximum absolute atomic E-state index is 12.2. The molecule has 2 rings (SSSR count). The zero-order chi connectivity index (χ0) is 16.8. The lowest BCUT2D eigenvalue weighted by molar-refractivity contribution is -0.140. The van der Waals surface area contributed by atoms with Crippen LogP contribution >= 0.6 is 24.0 Å². The highest BCUT2D eigenvalue weighted by Crippen LogP contribution is 2.13. The Kier molecular flexibility index (Phi) is 7.97. The van der Waals surface area contributed by atoms with E-state index in [2.05, 4.69) is 5.32 Å². The summed E-state index contributed by atoms with van der Waals surface area (Å²) < 4.78 is 0. The molecule has 0 unspecified atom stereocenters. The second-order valence-corrected chi connectivity index (χ2v) is 5.76. The van der Waals surface area contributed by atoms with Gasteiger partial charge in [-0.3, -0.25) is 19.3 Å². The van der Waals surface area contributed by atoms with Gasteiger partial charge in [0.1, 0.15) is 6.54 Å². The Balaban J connectivity index is 0.00000288. The van der Waals surface area contributed by atoms with Crippen LogP contribution in [-0.4, -0.2) is 65.4 Å². The third kappa shape index (κ3) is 6.35. The summed E-state index contributed by atoms with van der Waals surface area (Å²) in [7, 11) is 0. The number of nitrogens with zero attached hydrogens (tertiary/aromatic N) is 2. The predicted molar refractivity (Wildman–Crippen MR) is 91.2 cm³/mol. The van der Waals surface area contributed by atoms with Crippen molar-refractivity contribution in [2.45, 2.75) is 6.54 Å². The zero-order valence-electron chi connectivity index (χ0n) is 12.9. The topological polar surface area (TPSA) is 89.9 Å². The van der Waals surface area contributed by atoms with E-state index in [0.29, 0.717) is 24.7 Å². The van der Waals surface area contributed by atoms with Crippen molar-refractivity contribution in [2.24, 2.45) is 0 Å². The van der Waals surface area contributed by atoms with Crippen molar-refractivity contribution in [3.05, 3.63) is 34.9 Å². The summed E-state index contributed by atoms with van der Waals surface area (Å²) in [4.78, 5) is 37.6. The highest BCUT2D eigenvalue weighted by molar-refractivity contribution is 6.30. The van der Waals surface area contributed by atoms with Gasteiger partial charge in [0.25, 0.3) is 0 Å². The average Bonchev–Trinajstić information content (AvgIpc) is 2.50. The molecular weight excluding hydrogens is 357 g/mol. The third-order valence-electron chi connectivity index (χ3n) is 3.49. The van der Waals surface area contributed by atoms with E-state index in [4.69, 9.17) is 16.7 Å². The van der Waals surface area contributed by atoms with E-state index in [1.165, 1.54) is 0 Å². The number of aliphatic carboxylic acids is 1. The first-order valence-corrected chi connectivity index (χ1v) is 7.55. The molecule has 0 bridgehead atoms. The van der Waals surface area contributed by atoms with E-state index in [0.717, 1.165) is 5.56 Å². The smallest absolute Gasteiger partial charge is 0.322 e. The highest BCUT2D eigenvalue weighted by atomic mass is 35.5. The van der Waals surface area contributed by atoms with Crippen LogP contribution in [0.1, 0.15) is 5.56 Å². The quantitative estimate of drug-likeness (QED) is 0.759. The number of carboxylic acids is 1. The third-order valence-corrected chi connectivity index (χ3v) is 3.74. The molecule has 0 saturated carbocycles. The largest absolute Gasteiger partial charge is 0.480 e. The molecule has 0 spiro atoms. The molecule has 0 radical (unpaired) electrons. The lowest BCUT2D eigenvalue weighted by Crippen LogP contribution is -2.52. The van der Waals surface area contributed by atoms with E-state index < -0.39 is 18.4 Å². The van der Waals surface area contributed by atoms with Gasteiger partial charge in [-0.25, -0.2) is 0 Å². The van der Waals surface area contributed by atoms with Gasteiger partial charge in [0.05, 0.1) is 13.1 Å². The fourth-order valence-corrected chi connectivity index (χ4v) is 2.43. The first kappa shape index (κ1) is 20.2. The molecule has 1 aliphatic heterocycles. The molecule has 7 nitrogen and oxygen atoms in total. The van der Waals surface area contributed by atoms with Crippen molar-refractivity contribution in [3.8, 4) is 0 Å². The van der Waals surface area contributed by atoms with Crippen LogP contribution in [0.5, 0.6) is 0 Å². The van der Waals surface area contributed by atoms with E-state index in [9.17, 15) is 14.4 Å². The molecular formula is C15H19Cl2N3O4. The number of hydrogen-bond acceptors (Lipinski definition) is 4. The maximum Gasteiger partial charge on any atom is 0.322 e. The zero-order valence-corrected chi connectivity index (χ0v) is 14.5. The minimum Gasteiger partial charge on any atom is -0.480 e. The van der Waals surface area contributed by atoms with E-state index in [1.54, 1.807) is 21.9 Å². The number of amides is 2. The van der Waals surface area contributed by atoms with Crippen LogP contribution in [-0.2, 0) is 20.9 Å². The summed E-state index contributed by atoms with van der Waals surface area (Å²) in [6.45, 7) is 1.35. The summed E-state index contributed by atoms with van der Waals surface area (Å²) in [6, 6.07) is 7.32. The van der Waals surface area contributed by atoms with Crippen molar-refractivity contribution < 1.29 is 19.5 Å². The van der Waals surface area contributed by atoms with Gasteiger partial charge in [0, 0.05) is 24.7 Å². The monoisotopic (exact) mass is 375 g/mol. The Hall–Kier alpha value is -1.83. The molecule has 1 saturated heterocycles. The summed E-state index contributed by atoms with van der Waals surface area (Å²) in [6.07, 6.45) is 0. The van der Waals surface area contributed by atoms with Gasteiger partial charge in [-0.1, -0.05) is 23.7 Å². The number of carboxylic acid groups (broad SMARTS) is 1. The average molecular weight is 376 g/mol. The first-order valence-electron chi connectivity index (χ1n) is 7.17. The molecule has 0 atom stereocenters. The first-order chi connectivity index (χ1) is 10.9. The molecule has 0 aromatic heterocycles. The van der Waals surface area contributed by atoms with Crippen LogP contribution in [0.25, 0.3) is 0 Å². The summed E-state index contributed by atoms with van der Waals surface area (Å²) in [5.41, 5.74) is 0.996. The Morgan fingerprint density at radius 1 is 1.21 bits per heavy atom.